The van der Waals surface area contributed by atoms with Crippen LogP contribution in [-0.4, -0.2) is 29.5 Å². The van der Waals surface area contributed by atoms with E-state index in [-0.39, 0.29) is 16.9 Å². The highest BCUT2D eigenvalue weighted by molar-refractivity contribution is 5.72. The first-order valence-electron chi connectivity index (χ1n) is 4.74. The molecule has 0 bridgehead atoms. The van der Waals surface area contributed by atoms with Crippen molar-refractivity contribution in [1.29, 1.82) is 0 Å². The number of hydrogen-bond acceptors (Lipinski definition) is 4. The smallest absolute Gasteiger partial charge is 0.495 e. The molecule has 1 rings (SSSR count). The van der Waals surface area contributed by atoms with Crippen molar-refractivity contribution >= 4 is 5.97 Å². The number of methoxy groups -OCH3 is 1. The van der Waals surface area contributed by atoms with Crippen LogP contribution < -0.4 is 9.47 Å². The molecule has 0 saturated heterocycles. The van der Waals surface area contributed by atoms with E-state index in [1.807, 2.05) is 0 Å². The average Bonchev–Trinajstić information content (AvgIpc) is 2.21. The number of carbonyl (C=O) groups is 1. The average molecular weight is 265 g/mol. The van der Waals surface area contributed by atoms with Gasteiger partial charge >= 0.3 is 12.3 Å². The van der Waals surface area contributed by atoms with E-state index < -0.39 is 24.6 Å². The number of nitrogens with zero attached hydrogens (tertiary/aromatic N) is 1. The first kappa shape index (κ1) is 14.1. The zero-order valence-electron chi connectivity index (χ0n) is 9.54. The Balaban J connectivity index is 3.24. The summed E-state index contributed by atoms with van der Waals surface area (Å²) in [7, 11) is 1.30. The minimum Gasteiger partial charge on any atom is -0.495 e. The summed E-state index contributed by atoms with van der Waals surface area (Å²) in [6.07, 6.45) is -4.52. The summed E-state index contributed by atoms with van der Waals surface area (Å²) >= 11 is 0. The van der Waals surface area contributed by atoms with Gasteiger partial charge in [0, 0.05) is 11.1 Å². The second kappa shape index (κ2) is 5.11. The van der Waals surface area contributed by atoms with Gasteiger partial charge in [0.2, 0.25) is 5.88 Å². The molecule has 0 atom stereocenters. The molecule has 0 aromatic carbocycles. The zero-order valence-corrected chi connectivity index (χ0v) is 9.54. The van der Waals surface area contributed by atoms with Crippen LogP contribution in [0.5, 0.6) is 11.6 Å². The standard InChI is InChI=1S/C10H10F3NO4/c1-5-6(3-8(15)16)9(18-10(11,12)13)14-4-7(5)17-2/h4H,3H2,1-2H3,(H,15,16). The SMILES string of the molecule is COc1cnc(OC(F)(F)F)c(CC(=O)O)c1C. The number of carboxylic acid groups (broad SMARTS) is 1. The molecular weight excluding hydrogens is 255 g/mol. The van der Waals surface area contributed by atoms with E-state index in [2.05, 4.69) is 9.72 Å². The summed E-state index contributed by atoms with van der Waals surface area (Å²) < 4.78 is 44.9. The number of alkyl halides is 3. The summed E-state index contributed by atoms with van der Waals surface area (Å²) in [5, 5.41) is 8.67. The molecule has 0 amide bonds. The Labute approximate surface area is 100 Å². The summed E-state index contributed by atoms with van der Waals surface area (Å²) in [5.41, 5.74) is 0.0772. The minimum atomic E-state index is -4.93. The van der Waals surface area contributed by atoms with Gasteiger partial charge in [0.15, 0.2) is 0 Å². The van der Waals surface area contributed by atoms with E-state index in [4.69, 9.17) is 9.84 Å². The maximum atomic E-state index is 12.1. The number of ether oxygens (including phenoxy) is 2. The Morgan fingerprint density at radius 3 is 2.56 bits per heavy atom. The van der Waals surface area contributed by atoms with Crippen LogP contribution in [0.15, 0.2) is 6.20 Å². The van der Waals surface area contributed by atoms with Crippen LogP contribution in [-0.2, 0) is 11.2 Å². The number of hydrogen-bond donors (Lipinski definition) is 1. The van der Waals surface area contributed by atoms with Gasteiger partial charge in [-0.25, -0.2) is 4.98 Å². The third kappa shape index (κ3) is 3.51. The molecule has 0 unspecified atom stereocenters. The molecule has 0 radical (unpaired) electrons. The second-order valence-electron chi connectivity index (χ2n) is 3.35. The van der Waals surface area contributed by atoms with E-state index in [0.29, 0.717) is 0 Å². The van der Waals surface area contributed by atoms with E-state index in [9.17, 15) is 18.0 Å². The lowest BCUT2D eigenvalue weighted by atomic mass is 10.1. The molecule has 100 valence electrons. The van der Waals surface area contributed by atoms with Gasteiger partial charge in [-0.3, -0.25) is 4.79 Å². The fraction of sp³-hybridized carbons (Fsp3) is 0.400. The fourth-order valence-corrected chi connectivity index (χ4v) is 1.36. The molecule has 18 heavy (non-hydrogen) atoms. The Bertz CT molecular complexity index is 459. The summed E-state index contributed by atoms with van der Waals surface area (Å²) in [6.45, 7) is 1.43. The second-order valence-corrected chi connectivity index (χ2v) is 3.35. The van der Waals surface area contributed by atoms with Gasteiger partial charge in [-0.15, -0.1) is 13.2 Å². The van der Waals surface area contributed by atoms with E-state index in [1.54, 1.807) is 0 Å². The maximum absolute atomic E-state index is 12.1. The van der Waals surface area contributed by atoms with Crippen molar-refractivity contribution < 1.29 is 32.5 Å². The predicted octanol–water partition coefficient (Wildman–Crippen LogP) is 1.92. The molecule has 1 aromatic heterocycles. The normalized spacial score (nSPS) is 11.2. The predicted molar refractivity (Wildman–Crippen MR) is 53.5 cm³/mol. The third-order valence-corrected chi connectivity index (χ3v) is 2.14. The van der Waals surface area contributed by atoms with E-state index in [0.717, 1.165) is 6.20 Å². The van der Waals surface area contributed by atoms with Crippen LogP contribution in [0.25, 0.3) is 0 Å². The van der Waals surface area contributed by atoms with E-state index in [1.165, 1.54) is 14.0 Å². The molecule has 0 fully saturated rings. The van der Waals surface area contributed by atoms with Gasteiger partial charge in [-0.2, -0.15) is 0 Å². The minimum absolute atomic E-state index is 0.167. The van der Waals surface area contributed by atoms with Crippen molar-refractivity contribution in [2.45, 2.75) is 19.7 Å². The van der Waals surface area contributed by atoms with Crippen LogP contribution >= 0.6 is 0 Å². The van der Waals surface area contributed by atoms with Crippen LogP contribution in [0.1, 0.15) is 11.1 Å². The monoisotopic (exact) mass is 265 g/mol. The summed E-state index contributed by atoms with van der Waals surface area (Å²) in [6, 6.07) is 0. The van der Waals surface area contributed by atoms with Gasteiger partial charge in [0.05, 0.1) is 19.7 Å². The highest BCUT2D eigenvalue weighted by atomic mass is 19.4. The van der Waals surface area contributed by atoms with Crippen LogP contribution in [0.2, 0.25) is 0 Å². The van der Waals surface area contributed by atoms with Crippen molar-refractivity contribution in [3.63, 3.8) is 0 Å². The Morgan fingerprint density at radius 1 is 1.50 bits per heavy atom. The Hall–Kier alpha value is -1.99. The summed E-state index contributed by atoms with van der Waals surface area (Å²) in [5.74, 6) is -1.87. The van der Waals surface area contributed by atoms with Gasteiger partial charge in [0.25, 0.3) is 0 Å². The molecule has 0 saturated carbocycles. The number of carboxylic acids is 1. The third-order valence-electron chi connectivity index (χ3n) is 2.14. The fourth-order valence-electron chi connectivity index (χ4n) is 1.36. The maximum Gasteiger partial charge on any atom is 0.574 e. The van der Waals surface area contributed by atoms with Crippen LogP contribution in [0.3, 0.4) is 0 Å². The highest BCUT2D eigenvalue weighted by Crippen LogP contribution is 2.31. The molecule has 0 spiro atoms. The van der Waals surface area contributed by atoms with Gasteiger partial charge in [0.1, 0.15) is 5.75 Å². The molecular formula is C10H10F3NO4. The first-order chi connectivity index (χ1) is 8.24. The topological polar surface area (TPSA) is 68.7 Å². The first-order valence-corrected chi connectivity index (χ1v) is 4.74. The largest absolute Gasteiger partial charge is 0.574 e. The van der Waals surface area contributed by atoms with Crippen molar-refractivity contribution in [2.24, 2.45) is 0 Å². The van der Waals surface area contributed by atoms with Crippen molar-refractivity contribution in [3.05, 3.63) is 17.3 Å². The van der Waals surface area contributed by atoms with E-state index >= 15 is 0 Å². The molecule has 1 aromatic rings. The highest BCUT2D eigenvalue weighted by Gasteiger charge is 2.33. The van der Waals surface area contributed by atoms with Crippen molar-refractivity contribution in [1.82, 2.24) is 4.98 Å². The quantitative estimate of drug-likeness (QED) is 0.900. The molecule has 1 N–H and O–H groups in total. The molecule has 1 heterocycles. The molecule has 0 aliphatic rings. The van der Waals surface area contributed by atoms with Crippen molar-refractivity contribution in [2.75, 3.05) is 7.11 Å². The lowest BCUT2D eigenvalue weighted by Crippen LogP contribution is -2.20. The Morgan fingerprint density at radius 2 is 2.11 bits per heavy atom. The van der Waals surface area contributed by atoms with Gasteiger partial charge in [-0.05, 0) is 6.92 Å². The zero-order chi connectivity index (χ0) is 13.9. The molecule has 8 heteroatoms. The van der Waals surface area contributed by atoms with Gasteiger partial charge in [-0.1, -0.05) is 0 Å². The van der Waals surface area contributed by atoms with Gasteiger partial charge < -0.3 is 14.6 Å². The lowest BCUT2D eigenvalue weighted by molar-refractivity contribution is -0.276. The van der Waals surface area contributed by atoms with Crippen LogP contribution in [0.4, 0.5) is 13.2 Å². The van der Waals surface area contributed by atoms with Crippen LogP contribution in [0, 0.1) is 6.92 Å². The molecule has 0 aliphatic heterocycles. The number of halogens is 3. The Kier molecular flexibility index (Phi) is 4.00. The number of aromatic nitrogens is 1. The number of pyridine rings is 1. The lowest BCUT2D eigenvalue weighted by Gasteiger charge is -2.15. The van der Waals surface area contributed by atoms with Crippen molar-refractivity contribution in [3.8, 4) is 11.6 Å². The molecule has 5 nitrogen and oxygen atoms in total. The molecule has 0 aliphatic carbocycles. The summed E-state index contributed by atoms with van der Waals surface area (Å²) in [4.78, 5) is 14.1. The number of aliphatic carboxylic acids is 1. The number of rotatable bonds is 4.